The van der Waals surface area contributed by atoms with E-state index >= 15 is 0 Å². The van der Waals surface area contributed by atoms with Crippen LogP contribution in [0.2, 0.25) is 0 Å². The average Bonchev–Trinajstić information content (AvgIpc) is 2.70. The minimum absolute atomic E-state index is 0.538. The monoisotopic (exact) mass is 296 g/mol. The summed E-state index contributed by atoms with van der Waals surface area (Å²) < 4.78 is 1.18. The van der Waals surface area contributed by atoms with Gasteiger partial charge in [0.15, 0.2) is 0 Å². The lowest BCUT2D eigenvalue weighted by atomic mass is 9.95. The van der Waals surface area contributed by atoms with Gasteiger partial charge in [0.2, 0.25) is 0 Å². The minimum Gasteiger partial charge on any atom is -0.330 e. The number of hydrogen-bond acceptors (Lipinski definition) is 2. The number of aryl methyl sites for hydroxylation is 1. The zero-order valence-corrected chi connectivity index (χ0v) is 12.2. The van der Waals surface area contributed by atoms with Crippen molar-refractivity contribution < 1.29 is 0 Å². The Morgan fingerprint density at radius 1 is 1.47 bits per heavy atom. The van der Waals surface area contributed by atoms with Gasteiger partial charge in [-0.1, -0.05) is 28.9 Å². The first-order valence-corrected chi connectivity index (χ1v) is 7.13. The van der Waals surface area contributed by atoms with Crippen molar-refractivity contribution in [2.75, 3.05) is 20.1 Å². The molecule has 0 spiro atoms. The van der Waals surface area contributed by atoms with E-state index in [1.807, 2.05) is 0 Å². The molecule has 1 aliphatic heterocycles. The van der Waals surface area contributed by atoms with Crippen molar-refractivity contribution in [3.63, 3.8) is 0 Å². The number of halogens is 1. The Bertz CT molecular complexity index is 392. The molecule has 17 heavy (non-hydrogen) atoms. The zero-order valence-electron chi connectivity index (χ0n) is 10.6. The van der Waals surface area contributed by atoms with Crippen LogP contribution in [0.1, 0.15) is 30.5 Å². The highest BCUT2D eigenvalue weighted by Crippen LogP contribution is 2.36. The Kier molecular flexibility index (Phi) is 4.23. The summed E-state index contributed by atoms with van der Waals surface area (Å²) in [5, 5.41) is 0. The van der Waals surface area contributed by atoms with E-state index in [1.165, 1.54) is 22.0 Å². The quantitative estimate of drug-likeness (QED) is 0.929. The molecule has 1 saturated heterocycles. The Labute approximate surface area is 112 Å². The van der Waals surface area contributed by atoms with Crippen LogP contribution >= 0.6 is 15.9 Å². The maximum absolute atomic E-state index is 5.80. The summed E-state index contributed by atoms with van der Waals surface area (Å²) in [6, 6.07) is 7.19. The van der Waals surface area contributed by atoms with Crippen molar-refractivity contribution in [2.45, 2.75) is 25.8 Å². The highest BCUT2D eigenvalue weighted by molar-refractivity contribution is 9.10. The van der Waals surface area contributed by atoms with Crippen molar-refractivity contribution in [3.8, 4) is 0 Å². The molecule has 1 aromatic carbocycles. The van der Waals surface area contributed by atoms with E-state index in [4.69, 9.17) is 5.73 Å². The van der Waals surface area contributed by atoms with Crippen LogP contribution in [0.5, 0.6) is 0 Å². The van der Waals surface area contributed by atoms with E-state index in [9.17, 15) is 0 Å². The molecule has 1 fully saturated rings. The number of likely N-dealkylation sites (tertiary alicyclic amines) is 1. The van der Waals surface area contributed by atoms with Crippen LogP contribution in [0.3, 0.4) is 0 Å². The van der Waals surface area contributed by atoms with Crippen LogP contribution in [0.25, 0.3) is 0 Å². The number of rotatable bonds is 3. The number of nitrogens with two attached hydrogens (primary N) is 1. The summed E-state index contributed by atoms with van der Waals surface area (Å²) >= 11 is 3.58. The molecule has 1 heterocycles. The van der Waals surface area contributed by atoms with Gasteiger partial charge in [-0.3, -0.25) is 4.90 Å². The maximum atomic E-state index is 5.80. The lowest BCUT2D eigenvalue weighted by molar-refractivity contribution is 0.312. The third-order valence-electron chi connectivity index (χ3n) is 3.82. The van der Waals surface area contributed by atoms with Crippen LogP contribution in [0.15, 0.2) is 22.7 Å². The van der Waals surface area contributed by atoms with Gasteiger partial charge in [-0.15, -0.1) is 0 Å². The molecule has 1 aromatic rings. The van der Waals surface area contributed by atoms with E-state index < -0.39 is 0 Å². The van der Waals surface area contributed by atoms with Crippen LogP contribution in [-0.2, 0) is 6.42 Å². The summed E-state index contributed by atoms with van der Waals surface area (Å²) in [6.07, 6.45) is 2.29. The fourth-order valence-electron chi connectivity index (χ4n) is 2.84. The number of hydrogen-bond donors (Lipinski definition) is 1. The first kappa shape index (κ1) is 13.1. The molecule has 0 aliphatic carbocycles. The van der Waals surface area contributed by atoms with Gasteiger partial charge in [-0.25, -0.2) is 0 Å². The van der Waals surface area contributed by atoms with E-state index in [-0.39, 0.29) is 0 Å². The molecule has 1 aliphatic rings. The molecule has 3 heteroatoms. The van der Waals surface area contributed by atoms with E-state index in [0.717, 1.165) is 19.5 Å². The van der Waals surface area contributed by atoms with Gasteiger partial charge in [-0.05, 0) is 55.6 Å². The third-order valence-corrected chi connectivity index (χ3v) is 4.31. The van der Waals surface area contributed by atoms with Gasteiger partial charge in [-0.2, -0.15) is 0 Å². The summed E-state index contributed by atoms with van der Waals surface area (Å²) in [5.41, 5.74) is 8.73. The highest BCUT2D eigenvalue weighted by atomic mass is 79.9. The molecule has 0 saturated carbocycles. The van der Waals surface area contributed by atoms with Crippen molar-refractivity contribution in [1.82, 2.24) is 4.90 Å². The standard InChI is InChI=1S/C14H21BrN2/c1-3-11-4-5-12(15)7-13(11)14-6-10(8-16)9-17(14)2/h4-5,7,10,14H,3,6,8-9,16H2,1-2H3. The topological polar surface area (TPSA) is 29.3 Å². The molecular formula is C14H21BrN2. The molecule has 94 valence electrons. The first-order chi connectivity index (χ1) is 8.15. The summed E-state index contributed by atoms with van der Waals surface area (Å²) in [4.78, 5) is 2.44. The normalized spacial score (nSPS) is 25.4. The second-order valence-corrected chi connectivity index (χ2v) is 5.91. The Morgan fingerprint density at radius 2 is 2.24 bits per heavy atom. The summed E-state index contributed by atoms with van der Waals surface area (Å²) in [5.74, 6) is 0.647. The van der Waals surface area contributed by atoms with Crippen LogP contribution in [0.4, 0.5) is 0 Å². The van der Waals surface area contributed by atoms with Gasteiger partial charge >= 0.3 is 0 Å². The van der Waals surface area contributed by atoms with Crippen molar-refractivity contribution in [1.29, 1.82) is 0 Å². The molecule has 0 aromatic heterocycles. The Hall–Kier alpha value is -0.380. The van der Waals surface area contributed by atoms with Gasteiger partial charge in [0.05, 0.1) is 0 Å². The van der Waals surface area contributed by atoms with Gasteiger partial charge in [0.25, 0.3) is 0 Å². The molecule has 2 rings (SSSR count). The fraction of sp³-hybridized carbons (Fsp3) is 0.571. The largest absolute Gasteiger partial charge is 0.330 e. The van der Waals surface area contributed by atoms with E-state index in [2.05, 4.69) is 53.0 Å². The van der Waals surface area contributed by atoms with Crippen LogP contribution in [0, 0.1) is 5.92 Å². The molecular weight excluding hydrogens is 276 g/mol. The zero-order chi connectivity index (χ0) is 12.4. The Morgan fingerprint density at radius 3 is 2.82 bits per heavy atom. The van der Waals surface area contributed by atoms with Crippen LogP contribution < -0.4 is 5.73 Å². The van der Waals surface area contributed by atoms with Crippen molar-refractivity contribution in [3.05, 3.63) is 33.8 Å². The van der Waals surface area contributed by atoms with E-state index in [1.54, 1.807) is 0 Å². The van der Waals surface area contributed by atoms with Gasteiger partial charge in [0, 0.05) is 17.1 Å². The third kappa shape index (κ3) is 2.72. The highest BCUT2D eigenvalue weighted by Gasteiger charge is 2.30. The predicted octanol–water partition coefficient (Wildman–Crippen LogP) is 2.96. The van der Waals surface area contributed by atoms with E-state index in [0.29, 0.717) is 12.0 Å². The molecule has 2 N–H and O–H groups in total. The molecule has 2 atom stereocenters. The van der Waals surface area contributed by atoms with Gasteiger partial charge in [0.1, 0.15) is 0 Å². The first-order valence-electron chi connectivity index (χ1n) is 6.34. The average molecular weight is 297 g/mol. The molecule has 0 bridgehead atoms. The fourth-order valence-corrected chi connectivity index (χ4v) is 3.22. The predicted molar refractivity (Wildman–Crippen MR) is 76.1 cm³/mol. The summed E-state index contributed by atoms with van der Waals surface area (Å²) in [6.45, 7) is 4.15. The molecule has 0 radical (unpaired) electrons. The molecule has 0 amide bonds. The molecule has 2 nitrogen and oxygen atoms in total. The second-order valence-electron chi connectivity index (χ2n) is 4.99. The maximum Gasteiger partial charge on any atom is 0.0351 e. The lowest BCUT2D eigenvalue weighted by Crippen LogP contribution is -2.21. The molecule has 2 unspecified atom stereocenters. The summed E-state index contributed by atoms with van der Waals surface area (Å²) in [7, 11) is 2.21. The number of nitrogens with zero attached hydrogens (tertiary/aromatic N) is 1. The van der Waals surface area contributed by atoms with Crippen molar-refractivity contribution >= 4 is 15.9 Å². The smallest absolute Gasteiger partial charge is 0.0351 e. The second kappa shape index (κ2) is 5.51. The van der Waals surface area contributed by atoms with Crippen molar-refractivity contribution in [2.24, 2.45) is 11.7 Å². The number of benzene rings is 1. The van der Waals surface area contributed by atoms with Crippen LogP contribution in [-0.4, -0.2) is 25.0 Å². The minimum atomic E-state index is 0.538. The Balaban J connectivity index is 2.30. The lowest BCUT2D eigenvalue weighted by Gasteiger charge is -2.22. The SMILES string of the molecule is CCc1ccc(Br)cc1C1CC(CN)CN1C. The van der Waals surface area contributed by atoms with Gasteiger partial charge < -0.3 is 5.73 Å².